The summed E-state index contributed by atoms with van der Waals surface area (Å²) in [5, 5.41) is 5.84. The van der Waals surface area contributed by atoms with Crippen molar-refractivity contribution in [3.05, 3.63) is 71.3 Å². The van der Waals surface area contributed by atoms with Crippen LogP contribution in [0.3, 0.4) is 0 Å². The van der Waals surface area contributed by atoms with Crippen molar-refractivity contribution in [3.63, 3.8) is 0 Å². The minimum Gasteiger partial charge on any atom is -0.383 e. The predicted octanol–water partition coefficient (Wildman–Crippen LogP) is 3.46. The van der Waals surface area contributed by atoms with E-state index in [0.717, 1.165) is 49.7 Å². The van der Waals surface area contributed by atoms with Gasteiger partial charge in [-0.1, -0.05) is 67.4 Å². The van der Waals surface area contributed by atoms with E-state index in [1.165, 1.54) is 4.90 Å². The van der Waals surface area contributed by atoms with E-state index in [9.17, 15) is 14.4 Å². The standard InChI is InChI=1S/C28H35N3O4/c1-35-19-18-29-26(32)25(21-11-3-2-4-12-21)31(28(34)27(33)30-22-14-6-7-15-22)24-17-9-13-20-10-5-8-16-23(20)24/h2-5,8,10-12,16,22,24-25H,6-7,9,13-15,17-19H2,1H3,(H,29,32)(H,30,33). The van der Waals surface area contributed by atoms with Crippen LogP contribution < -0.4 is 10.6 Å². The Hall–Kier alpha value is -3.19. The Balaban J connectivity index is 1.74. The van der Waals surface area contributed by atoms with Gasteiger partial charge < -0.3 is 20.3 Å². The predicted molar refractivity (Wildman–Crippen MR) is 133 cm³/mol. The van der Waals surface area contributed by atoms with Gasteiger partial charge in [0.1, 0.15) is 6.04 Å². The van der Waals surface area contributed by atoms with Gasteiger partial charge in [-0.15, -0.1) is 0 Å². The summed E-state index contributed by atoms with van der Waals surface area (Å²) >= 11 is 0. The molecule has 0 spiro atoms. The molecule has 3 amide bonds. The zero-order chi connectivity index (χ0) is 24.6. The molecule has 7 heteroatoms. The maximum Gasteiger partial charge on any atom is 0.313 e. The number of fused-ring (bicyclic) bond motifs is 1. The molecule has 2 aliphatic rings. The lowest BCUT2D eigenvalue weighted by Crippen LogP contribution is -2.52. The summed E-state index contributed by atoms with van der Waals surface area (Å²) in [4.78, 5) is 42.3. The first kappa shape index (κ1) is 24.9. The van der Waals surface area contributed by atoms with Gasteiger partial charge in [-0.05, 0) is 48.8 Å². The number of carbonyl (C=O) groups is 3. The highest BCUT2D eigenvalue weighted by atomic mass is 16.5. The van der Waals surface area contributed by atoms with Crippen LogP contribution in [0.15, 0.2) is 54.6 Å². The number of nitrogens with zero attached hydrogens (tertiary/aromatic N) is 1. The lowest BCUT2D eigenvalue weighted by Gasteiger charge is -2.40. The number of hydrogen-bond acceptors (Lipinski definition) is 4. The van der Waals surface area contributed by atoms with Crippen molar-refractivity contribution in [1.29, 1.82) is 0 Å². The molecule has 0 bridgehead atoms. The quantitative estimate of drug-likeness (QED) is 0.450. The second-order valence-electron chi connectivity index (χ2n) is 9.37. The molecule has 2 aliphatic carbocycles. The Morgan fingerprint density at radius 1 is 0.971 bits per heavy atom. The first-order valence-corrected chi connectivity index (χ1v) is 12.6. The Labute approximate surface area is 207 Å². The maximum absolute atomic E-state index is 13.9. The Kier molecular flexibility index (Phi) is 8.53. The van der Waals surface area contributed by atoms with E-state index >= 15 is 0 Å². The summed E-state index contributed by atoms with van der Waals surface area (Å²) in [5.74, 6) is -1.61. The van der Waals surface area contributed by atoms with Gasteiger partial charge in [0.2, 0.25) is 5.91 Å². The lowest BCUT2D eigenvalue weighted by atomic mass is 9.85. The normalized spacial score (nSPS) is 18.4. The van der Waals surface area contributed by atoms with Crippen molar-refractivity contribution in [2.45, 2.75) is 63.1 Å². The van der Waals surface area contributed by atoms with Crippen LogP contribution in [0.25, 0.3) is 0 Å². The fourth-order valence-corrected chi connectivity index (χ4v) is 5.34. The largest absolute Gasteiger partial charge is 0.383 e. The Bertz CT molecular complexity index is 1020. The summed E-state index contributed by atoms with van der Waals surface area (Å²) in [5.41, 5.74) is 2.84. The SMILES string of the molecule is COCCNC(=O)C(c1ccccc1)N(C(=O)C(=O)NC1CCCC1)C1CCCc2ccccc21. The topological polar surface area (TPSA) is 87.7 Å². The van der Waals surface area contributed by atoms with Gasteiger partial charge in [0, 0.05) is 19.7 Å². The fraction of sp³-hybridized carbons (Fsp3) is 0.464. The average Bonchev–Trinajstić information content (AvgIpc) is 3.40. The van der Waals surface area contributed by atoms with E-state index in [-0.39, 0.29) is 18.0 Å². The molecule has 7 nitrogen and oxygen atoms in total. The van der Waals surface area contributed by atoms with Crippen LogP contribution in [0.5, 0.6) is 0 Å². The molecule has 0 heterocycles. The number of hydrogen-bond donors (Lipinski definition) is 2. The third-order valence-electron chi connectivity index (χ3n) is 7.04. The fourth-order valence-electron chi connectivity index (χ4n) is 5.34. The number of carbonyl (C=O) groups excluding carboxylic acids is 3. The van der Waals surface area contributed by atoms with Crippen molar-refractivity contribution in [1.82, 2.24) is 15.5 Å². The van der Waals surface area contributed by atoms with Crippen LogP contribution in [0.1, 0.15) is 67.3 Å². The van der Waals surface area contributed by atoms with Gasteiger partial charge in [-0.2, -0.15) is 0 Å². The van der Waals surface area contributed by atoms with Crippen LogP contribution in [-0.4, -0.2) is 48.9 Å². The summed E-state index contributed by atoms with van der Waals surface area (Å²) in [7, 11) is 1.57. The Morgan fingerprint density at radius 2 is 1.69 bits per heavy atom. The number of amides is 3. The van der Waals surface area contributed by atoms with Crippen LogP contribution >= 0.6 is 0 Å². The van der Waals surface area contributed by atoms with E-state index in [1.807, 2.05) is 48.5 Å². The number of rotatable bonds is 8. The molecule has 186 valence electrons. The molecular weight excluding hydrogens is 442 g/mol. The molecule has 0 saturated heterocycles. The monoisotopic (exact) mass is 477 g/mol. The van der Waals surface area contributed by atoms with Crippen molar-refractivity contribution < 1.29 is 19.1 Å². The van der Waals surface area contributed by atoms with E-state index < -0.39 is 17.9 Å². The van der Waals surface area contributed by atoms with Gasteiger partial charge in [0.25, 0.3) is 0 Å². The maximum atomic E-state index is 13.9. The highest BCUT2D eigenvalue weighted by molar-refractivity contribution is 6.35. The number of benzene rings is 2. The van der Waals surface area contributed by atoms with E-state index in [4.69, 9.17) is 4.74 Å². The molecule has 0 aliphatic heterocycles. The van der Waals surface area contributed by atoms with E-state index in [0.29, 0.717) is 25.1 Å². The van der Waals surface area contributed by atoms with Gasteiger partial charge in [-0.3, -0.25) is 14.4 Å². The van der Waals surface area contributed by atoms with Crippen molar-refractivity contribution >= 4 is 17.7 Å². The second-order valence-corrected chi connectivity index (χ2v) is 9.37. The summed E-state index contributed by atoms with van der Waals surface area (Å²) in [6.07, 6.45) is 6.34. The second kappa shape index (κ2) is 12.0. The van der Waals surface area contributed by atoms with E-state index in [2.05, 4.69) is 16.7 Å². The zero-order valence-electron chi connectivity index (χ0n) is 20.4. The van der Waals surface area contributed by atoms with Crippen LogP contribution in [0.2, 0.25) is 0 Å². The van der Waals surface area contributed by atoms with Crippen LogP contribution in [0.4, 0.5) is 0 Å². The zero-order valence-corrected chi connectivity index (χ0v) is 20.4. The molecule has 4 rings (SSSR count). The molecule has 35 heavy (non-hydrogen) atoms. The number of methoxy groups -OCH3 is 1. The third kappa shape index (κ3) is 5.90. The summed E-state index contributed by atoms with van der Waals surface area (Å²) in [6.45, 7) is 0.672. The van der Waals surface area contributed by atoms with Gasteiger partial charge in [-0.25, -0.2) is 0 Å². The van der Waals surface area contributed by atoms with Gasteiger partial charge >= 0.3 is 11.8 Å². The molecule has 2 aromatic rings. The van der Waals surface area contributed by atoms with Crippen molar-refractivity contribution in [2.75, 3.05) is 20.3 Å². The van der Waals surface area contributed by atoms with E-state index in [1.54, 1.807) is 7.11 Å². The van der Waals surface area contributed by atoms with Gasteiger partial charge in [0.05, 0.1) is 12.6 Å². The molecule has 1 fully saturated rings. The minimum atomic E-state index is -0.939. The summed E-state index contributed by atoms with van der Waals surface area (Å²) in [6, 6.07) is 16.0. The lowest BCUT2D eigenvalue weighted by molar-refractivity contribution is -0.153. The molecule has 0 radical (unpaired) electrons. The summed E-state index contributed by atoms with van der Waals surface area (Å²) < 4.78 is 5.10. The first-order chi connectivity index (χ1) is 17.1. The highest BCUT2D eigenvalue weighted by Gasteiger charge is 2.41. The number of nitrogens with one attached hydrogen (secondary N) is 2. The van der Waals surface area contributed by atoms with Crippen LogP contribution in [-0.2, 0) is 25.5 Å². The molecule has 2 N–H and O–H groups in total. The molecule has 1 saturated carbocycles. The molecular formula is C28H35N3O4. The van der Waals surface area contributed by atoms with Crippen LogP contribution in [0, 0.1) is 0 Å². The number of ether oxygens (including phenoxy) is 1. The first-order valence-electron chi connectivity index (χ1n) is 12.6. The van der Waals surface area contributed by atoms with Gasteiger partial charge in [0.15, 0.2) is 0 Å². The van der Waals surface area contributed by atoms with Crippen molar-refractivity contribution in [2.24, 2.45) is 0 Å². The highest BCUT2D eigenvalue weighted by Crippen LogP contribution is 2.39. The minimum absolute atomic E-state index is 0.0117. The molecule has 2 unspecified atom stereocenters. The third-order valence-corrected chi connectivity index (χ3v) is 7.04. The smallest absolute Gasteiger partial charge is 0.313 e. The molecule has 2 atom stereocenters. The molecule has 0 aromatic heterocycles. The molecule has 2 aromatic carbocycles. The average molecular weight is 478 g/mol. The Morgan fingerprint density at radius 3 is 2.43 bits per heavy atom. The van der Waals surface area contributed by atoms with Crippen molar-refractivity contribution in [3.8, 4) is 0 Å². The number of aryl methyl sites for hydroxylation is 1.